The number of hydrogen-bond acceptors (Lipinski definition) is 5. The largest absolute Gasteiger partial charge is 0.364 e. The monoisotopic (exact) mass is 359 g/mol. The zero-order valence-electron chi connectivity index (χ0n) is 15.4. The predicted octanol–water partition coefficient (Wildman–Crippen LogP) is 0.901. The Balaban J connectivity index is 1.50. The summed E-state index contributed by atoms with van der Waals surface area (Å²) in [5.74, 6) is 0.966. The smallest absolute Gasteiger partial charge is 0.267 e. The molecule has 3 rings (SSSR count). The second kappa shape index (κ2) is 8.49. The minimum atomic E-state index is -0.521. The number of aromatic nitrogens is 1. The lowest BCUT2D eigenvalue weighted by Crippen LogP contribution is -2.48. The third kappa shape index (κ3) is 4.52. The maximum absolute atomic E-state index is 12.6. The molecule has 7 heteroatoms. The number of nitrogens with zero attached hydrogens (tertiary/aromatic N) is 2. The molecule has 0 aromatic carbocycles. The number of nitrogens with two attached hydrogens (primary N) is 1. The summed E-state index contributed by atoms with van der Waals surface area (Å²) in [4.78, 5) is 30.3. The van der Waals surface area contributed by atoms with Crippen molar-refractivity contribution in [2.45, 2.75) is 38.6 Å². The summed E-state index contributed by atoms with van der Waals surface area (Å²) in [6, 6.07) is 5.50. The van der Waals surface area contributed by atoms with E-state index in [0.29, 0.717) is 5.92 Å². The van der Waals surface area contributed by atoms with Crippen molar-refractivity contribution in [3.63, 3.8) is 0 Å². The normalized spacial score (nSPS) is 22.7. The molecule has 26 heavy (non-hydrogen) atoms. The lowest BCUT2D eigenvalue weighted by molar-refractivity contribution is -0.126. The molecule has 0 radical (unpaired) electrons. The molecule has 7 nitrogen and oxygen atoms in total. The predicted molar refractivity (Wildman–Crippen MR) is 101 cm³/mol. The van der Waals surface area contributed by atoms with Crippen LogP contribution in [0.5, 0.6) is 0 Å². The zero-order chi connectivity index (χ0) is 18.5. The van der Waals surface area contributed by atoms with Gasteiger partial charge in [-0.15, -0.1) is 0 Å². The second-order valence-electron chi connectivity index (χ2n) is 7.41. The van der Waals surface area contributed by atoms with E-state index in [-0.39, 0.29) is 23.6 Å². The van der Waals surface area contributed by atoms with Crippen LogP contribution in [0.1, 0.15) is 43.1 Å². The zero-order valence-corrected chi connectivity index (χ0v) is 15.4. The molecule has 4 N–H and O–H groups in total. The Hall–Kier alpha value is -2.15. The van der Waals surface area contributed by atoms with Gasteiger partial charge in [0.05, 0.1) is 0 Å². The van der Waals surface area contributed by atoms with Gasteiger partial charge >= 0.3 is 0 Å². The molecule has 142 valence electrons. The minimum Gasteiger partial charge on any atom is -0.364 e. The molecule has 0 aliphatic carbocycles. The summed E-state index contributed by atoms with van der Waals surface area (Å²) < 4.78 is 0. The molecule has 0 spiro atoms. The first-order valence-electron chi connectivity index (χ1n) is 9.57. The van der Waals surface area contributed by atoms with E-state index < -0.39 is 5.91 Å². The summed E-state index contributed by atoms with van der Waals surface area (Å²) in [7, 11) is 0. The van der Waals surface area contributed by atoms with Crippen molar-refractivity contribution in [3.05, 3.63) is 23.9 Å². The topological polar surface area (TPSA) is 100 Å². The van der Waals surface area contributed by atoms with E-state index in [2.05, 4.69) is 27.4 Å². The maximum Gasteiger partial charge on any atom is 0.267 e. The lowest BCUT2D eigenvalue weighted by atomic mass is 9.91. The van der Waals surface area contributed by atoms with Gasteiger partial charge in [-0.25, -0.2) is 4.98 Å². The Kier molecular flexibility index (Phi) is 6.08. The molecule has 2 aliphatic rings. The van der Waals surface area contributed by atoms with Gasteiger partial charge in [-0.3, -0.25) is 9.59 Å². The van der Waals surface area contributed by atoms with Crippen LogP contribution >= 0.6 is 0 Å². The number of rotatable bonds is 5. The van der Waals surface area contributed by atoms with E-state index in [1.54, 1.807) is 12.1 Å². The molecule has 0 bridgehead atoms. The summed E-state index contributed by atoms with van der Waals surface area (Å²) >= 11 is 0. The quantitative estimate of drug-likeness (QED) is 0.725. The van der Waals surface area contributed by atoms with Crippen molar-refractivity contribution < 1.29 is 9.59 Å². The van der Waals surface area contributed by atoms with Crippen LogP contribution in [0.25, 0.3) is 0 Å². The SMILES string of the molecule is C[C@@H](NC(=O)C1CCN(c2cccc(C(N)=O)n2)CC1)[C@H]1CCCNC1. The Morgan fingerprint density at radius 2 is 2.08 bits per heavy atom. The van der Waals surface area contributed by atoms with Crippen molar-refractivity contribution in [1.82, 2.24) is 15.6 Å². The van der Waals surface area contributed by atoms with Crippen molar-refractivity contribution in [1.29, 1.82) is 0 Å². The lowest BCUT2D eigenvalue weighted by Gasteiger charge is -2.34. The Labute approximate surface area is 154 Å². The summed E-state index contributed by atoms with van der Waals surface area (Å²) in [5.41, 5.74) is 5.58. The maximum atomic E-state index is 12.6. The molecule has 2 fully saturated rings. The molecule has 2 saturated heterocycles. The first-order chi connectivity index (χ1) is 12.5. The molecule has 2 amide bonds. The third-order valence-corrected chi connectivity index (χ3v) is 5.59. The fourth-order valence-electron chi connectivity index (χ4n) is 3.87. The van der Waals surface area contributed by atoms with Crippen LogP contribution in [0, 0.1) is 11.8 Å². The van der Waals surface area contributed by atoms with E-state index >= 15 is 0 Å². The standard InChI is InChI=1S/C19H29N5O2/c1-13(15-4-3-9-21-12-15)22-19(26)14-7-10-24(11-8-14)17-6-2-5-16(23-17)18(20)25/h2,5-6,13-15,21H,3-4,7-12H2,1H3,(H2,20,25)(H,22,26)/t13-,15+/m1/s1. The van der Waals surface area contributed by atoms with Gasteiger partial charge in [-0.05, 0) is 63.7 Å². The highest BCUT2D eigenvalue weighted by Gasteiger charge is 2.28. The van der Waals surface area contributed by atoms with Crippen LogP contribution in [0.2, 0.25) is 0 Å². The van der Waals surface area contributed by atoms with Crippen molar-refractivity contribution in [2.75, 3.05) is 31.1 Å². The van der Waals surface area contributed by atoms with Gasteiger partial charge in [0.1, 0.15) is 11.5 Å². The molecule has 1 aromatic rings. The van der Waals surface area contributed by atoms with E-state index in [1.807, 2.05) is 6.07 Å². The van der Waals surface area contributed by atoms with Gasteiger partial charge in [-0.1, -0.05) is 6.07 Å². The third-order valence-electron chi connectivity index (χ3n) is 5.59. The molecular formula is C19H29N5O2. The van der Waals surface area contributed by atoms with Gasteiger partial charge in [-0.2, -0.15) is 0 Å². The average Bonchev–Trinajstić information content (AvgIpc) is 2.68. The fraction of sp³-hybridized carbons (Fsp3) is 0.632. The van der Waals surface area contributed by atoms with E-state index in [9.17, 15) is 9.59 Å². The first kappa shape index (κ1) is 18.6. The number of amides is 2. The molecular weight excluding hydrogens is 330 g/mol. The van der Waals surface area contributed by atoms with E-state index in [1.165, 1.54) is 12.8 Å². The van der Waals surface area contributed by atoms with Crippen molar-refractivity contribution >= 4 is 17.6 Å². The van der Waals surface area contributed by atoms with Crippen LogP contribution in [0.3, 0.4) is 0 Å². The van der Waals surface area contributed by atoms with Crippen LogP contribution in [-0.2, 0) is 4.79 Å². The van der Waals surface area contributed by atoms with Gasteiger partial charge in [0.25, 0.3) is 5.91 Å². The minimum absolute atomic E-state index is 0.0459. The van der Waals surface area contributed by atoms with Crippen LogP contribution in [0.15, 0.2) is 18.2 Å². The molecule has 0 unspecified atom stereocenters. The van der Waals surface area contributed by atoms with Gasteiger partial charge in [0.2, 0.25) is 5.91 Å². The van der Waals surface area contributed by atoms with Gasteiger partial charge in [0.15, 0.2) is 0 Å². The number of anilines is 1. The number of piperidine rings is 2. The summed E-state index contributed by atoms with van der Waals surface area (Å²) in [5, 5.41) is 6.63. The summed E-state index contributed by atoms with van der Waals surface area (Å²) in [6.07, 6.45) is 3.95. The first-order valence-corrected chi connectivity index (χ1v) is 9.57. The highest BCUT2D eigenvalue weighted by Crippen LogP contribution is 2.23. The number of carbonyl (C=O) groups is 2. The molecule has 3 heterocycles. The Morgan fingerprint density at radius 3 is 2.73 bits per heavy atom. The van der Waals surface area contributed by atoms with Gasteiger partial charge < -0.3 is 21.3 Å². The number of carbonyl (C=O) groups excluding carboxylic acids is 2. The Morgan fingerprint density at radius 1 is 1.31 bits per heavy atom. The second-order valence-corrected chi connectivity index (χ2v) is 7.41. The Bertz CT molecular complexity index is 637. The van der Waals surface area contributed by atoms with E-state index in [4.69, 9.17) is 5.73 Å². The molecule has 2 atom stereocenters. The van der Waals surface area contributed by atoms with Crippen molar-refractivity contribution in [2.24, 2.45) is 17.6 Å². The van der Waals surface area contributed by atoms with Gasteiger partial charge in [0, 0.05) is 25.0 Å². The summed E-state index contributed by atoms with van der Waals surface area (Å²) in [6.45, 7) is 5.70. The molecule has 1 aromatic heterocycles. The van der Waals surface area contributed by atoms with Crippen LogP contribution in [0.4, 0.5) is 5.82 Å². The highest BCUT2D eigenvalue weighted by molar-refractivity contribution is 5.91. The average molecular weight is 359 g/mol. The van der Waals surface area contributed by atoms with Crippen LogP contribution in [-0.4, -0.2) is 49.0 Å². The van der Waals surface area contributed by atoms with Crippen molar-refractivity contribution in [3.8, 4) is 0 Å². The highest BCUT2D eigenvalue weighted by atomic mass is 16.2. The number of hydrogen-bond donors (Lipinski definition) is 3. The van der Waals surface area contributed by atoms with Crippen LogP contribution < -0.4 is 21.3 Å². The number of pyridine rings is 1. The fourth-order valence-corrected chi connectivity index (χ4v) is 3.87. The number of nitrogens with one attached hydrogen (secondary N) is 2. The van der Waals surface area contributed by atoms with E-state index in [0.717, 1.165) is 44.8 Å². The molecule has 0 saturated carbocycles. The molecule has 2 aliphatic heterocycles. The number of primary amides is 1.